The lowest BCUT2D eigenvalue weighted by Crippen LogP contribution is -2.48. The minimum Gasteiger partial charge on any atom is -0.331 e. The van der Waals surface area contributed by atoms with Gasteiger partial charge in [0.25, 0.3) is 5.91 Å². The number of carbonyl (C=O) groups is 1. The molecule has 2 aromatic rings. The van der Waals surface area contributed by atoms with E-state index < -0.39 is 0 Å². The van der Waals surface area contributed by atoms with Gasteiger partial charge in [-0.25, -0.2) is 0 Å². The van der Waals surface area contributed by atoms with Gasteiger partial charge in [0.15, 0.2) is 0 Å². The van der Waals surface area contributed by atoms with Gasteiger partial charge in [-0.3, -0.25) is 4.79 Å². The molecule has 0 radical (unpaired) electrons. The third-order valence-electron chi connectivity index (χ3n) is 5.86. The molecule has 3 atom stereocenters. The second-order valence-electron chi connectivity index (χ2n) is 8.18. The van der Waals surface area contributed by atoms with Gasteiger partial charge in [0, 0.05) is 18.2 Å². The van der Waals surface area contributed by atoms with Crippen LogP contribution < -0.4 is 0 Å². The molecule has 2 aromatic carbocycles. The van der Waals surface area contributed by atoms with Crippen LogP contribution in [0, 0.1) is 17.8 Å². The van der Waals surface area contributed by atoms with Gasteiger partial charge in [-0.2, -0.15) is 0 Å². The van der Waals surface area contributed by atoms with E-state index in [1.807, 2.05) is 36.4 Å². The van der Waals surface area contributed by atoms with E-state index in [9.17, 15) is 4.79 Å². The average molecular weight is 350 g/mol. The third kappa shape index (κ3) is 4.35. The van der Waals surface area contributed by atoms with Crippen LogP contribution in [0.25, 0.3) is 0 Å². The molecule has 1 fully saturated rings. The molecule has 0 spiro atoms. The van der Waals surface area contributed by atoms with Crippen molar-refractivity contribution < 1.29 is 4.79 Å². The van der Waals surface area contributed by atoms with Crippen molar-refractivity contribution in [3.8, 4) is 0 Å². The monoisotopic (exact) mass is 349 g/mol. The fraction of sp³-hybridized carbons (Fsp3) is 0.458. The largest absolute Gasteiger partial charge is 0.331 e. The van der Waals surface area contributed by atoms with Gasteiger partial charge in [-0.1, -0.05) is 75.7 Å². The molecule has 138 valence electrons. The molecule has 26 heavy (non-hydrogen) atoms. The molecule has 3 rings (SSSR count). The first kappa shape index (κ1) is 18.7. The van der Waals surface area contributed by atoms with E-state index in [1.54, 1.807) is 0 Å². The molecule has 0 heterocycles. The number of amides is 1. The maximum atomic E-state index is 13.4. The number of carbonyl (C=O) groups excluding carboxylic acids is 1. The van der Waals surface area contributed by atoms with Crippen molar-refractivity contribution in [1.29, 1.82) is 0 Å². The Balaban J connectivity index is 1.94. The normalized spacial score (nSPS) is 23.0. The molecule has 1 saturated carbocycles. The number of benzene rings is 2. The molecule has 1 aliphatic carbocycles. The van der Waals surface area contributed by atoms with Crippen LogP contribution in [0.4, 0.5) is 0 Å². The first-order chi connectivity index (χ1) is 12.6. The number of nitrogens with zero attached hydrogens (tertiary/aromatic N) is 1. The first-order valence-corrected chi connectivity index (χ1v) is 9.96. The Morgan fingerprint density at radius 3 is 2.23 bits per heavy atom. The lowest BCUT2D eigenvalue weighted by molar-refractivity contribution is 0.0366. The zero-order valence-electron chi connectivity index (χ0n) is 16.3. The fourth-order valence-corrected chi connectivity index (χ4v) is 4.38. The van der Waals surface area contributed by atoms with Crippen LogP contribution in [-0.4, -0.2) is 16.8 Å². The Morgan fingerprint density at radius 1 is 1.00 bits per heavy atom. The Morgan fingerprint density at radius 2 is 1.62 bits per heavy atom. The summed E-state index contributed by atoms with van der Waals surface area (Å²) in [6.45, 7) is 7.63. The van der Waals surface area contributed by atoms with Gasteiger partial charge in [0.1, 0.15) is 0 Å². The smallest absolute Gasteiger partial charge is 0.254 e. The standard InChI is InChI=1S/C24H31NO/c1-18(2)22-15-14-19(3)16-23(22)25(17-20-10-6-4-7-11-20)24(26)21-12-8-5-9-13-21/h4-13,18-19,22-23H,14-17H2,1-3H3/t19-,22-,23-/m0/s1. The lowest BCUT2D eigenvalue weighted by atomic mass is 9.73. The Labute approximate surface area is 158 Å². The molecular formula is C24H31NO. The predicted molar refractivity (Wildman–Crippen MR) is 108 cm³/mol. The highest BCUT2D eigenvalue weighted by Crippen LogP contribution is 2.37. The molecule has 1 aliphatic rings. The minimum atomic E-state index is 0.166. The predicted octanol–water partition coefficient (Wildman–Crippen LogP) is 5.79. The summed E-state index contributed by atoms with van der Waals surface area (Å²) in [5.74, 6) is 2.01. The Kier molecular flexibility index (Phi) is 6.13. The van der Waals surface area contributed by atoms with Gasteiger partial charge in [0.05, 0.1) is 0 Å². The quantitative estimate of drug-likeness (QED) is 0.669. The molecule has 2 heteroatoms. The fourth-order valence-electron chi connectivity index (χ4n) is 4.38. The van der Waals surface area contributed by atoms with Crippen LogP contribution in [0.1, 0.15) is 56.0 Å². The van der Waals surface area contributed by atoms with E-state index in [4.69, 9.17) is 0 Å². The van der Waals surface area contributed by atoms with Crippen molar-refractivity contribution in [3.05, 3.63) is 71.8 Å². The zero-order chi connectivity index (χ0) is 18.5. The van der Waals surface area contributed by atoms with Gasteiger partial charge in [-0.15, -0.1) is 0 Å². The SMILES string of the molecule is CC(C)[C@@H]1CC[C@H](C)C[C@@H]1N(Cc1ccccc1)C(=O)c1ccccc1. The van der Waals surface area contributed by atoms with Crippen molar-refractivity contribution in [1.82, 2.24) is 4.90 Å². The van der Waals surface area contributed by atoms with Crippen LogP contribution in [-0.2, 0) is 6.54 Å². The van der Waals surface area contributed by atoms with Gasteiger partial charge >= 0.3 is 0 Å². The summed E-state index contributed by atoms with van der Waals surface area (Å²) in [5, 5.41) is 0. The average Bonchev–Trinajstić information content (AvgIpc) is 2.67. The van der Waals surface area contributed by atoms with E-state index in [1.165, 1.54) is 18.4 Å². The summed E-state index contributed by atoms with van der Waals surface area (Å²) in [4.78, 5) is 15.6. The highest BCUT2D eigenvalue weighted by atomic mass is 16.2. The van der Waals surface area contributed by atoms with E-state index >= 15 is 0 Å². The summed E-state index contributed by atoms with van der Waals surface area (Å²) in [7, 11) is 0. The first-order valence-electron chi connectivity index (χ1n) is 9.96. The molecule has 0 N–H and O–H groups in total. The molecule has 1 amide bonds. The molecular weight excluding hydrogens is 318 g/mol. The van der Waals surface area contributed by atoms with Crippen molar-refractivity contribution in [2.75, 3.05) is 0 Å². The third-order valence-corrected chi connectivity index (χ3v) is 5.86. The van der Waals surface area contributed by atoms with Crippen LogP contribution in [0.2, 0.25) is 0 Å². The molecule has 0 unspecified atom stereocenters. The van der Waals surface area contributed by atoms with Crippen LogP contribution in [0.5, 0.6) is 0 Å². The van der Waals surface area contributed by atoms with E-state index in [0.29, 0.717) is 30.3 Å². The maximum Gasteiger partial charge on any atom is 0.254 e. The van der Waals surface area contributed by atoms with Gasteiger partial charge < -0.3 is 4.90 Å². The maximum absolute atomic E-state index is 13.4. The van der Waals surface area contributed by atoms with E-state index in [-0.39, 0.29) is 5.91 Å². The van der Waals surface area contributed by atoms with Crippen LogP contribution in [0.3, 0.4) is 0 Å². The lowest BCUT2D eigenvalue weighted by Gasteiger charge is -2.44. The van der Waals surface area contributed by atoms with Crippen LogP contribution >= 0.6 is 0 Å². The van der Waals surface area contributed by atoms with E-state index in [2.05, 4.69) is 49.9 Å². The number of rotatable bonds is 5. The molecule has 0 aliphatic heterocycles. The number of hydrogen-bond donors (Lipinski definition) is 0. The van der Waals surface area contributed by atoms with Crippen molar-refractivity contribution >= 4 is 5.91 Å². The second kappa shape index (κ2) is 8.53. The Bertz CT molecular complexity index is 695. The summed E-state index contributed by atoms with van der Waals surface area (Å²) in [5.41, 5.74) is 2.00. The minimum absolute atomic E-state index is 0.166. The number of hydrogen-bond acceptors (Lipinski definition) is 1. The summed E-state index contributed by atoms with van der Waals surface area (Å²) in [6, 6.07) is 20.5. The van der Waals surface area contributed by atoms with Gasteiger partial charge in [0.2, 0.25) is 0 Å². The molecule has 0 bridgehead atoms. The van der Waals surface area contributed by atoms with Crippen LogP contribution in [0.15, 0.2) is 60.7 Å². The second-order valence-corrected chi connectivity index (χ2v) is 8.18. The summed E-state index contributed by atoms with van der Waals surface area (Å²) < 4.78 is 0. The summed E-state index contributed by atoms with van der Waals surface area (Å²) >= 11 is 0. The highest BCUT2D eigenvalue weighted by Gasteiger charge is 2.37. The van der Waals surface area contributed by atoms with E-state index in [0.717, 1.165) is 12.0 Å². The van der Waals surface area contributed by atoms with Gasteiger partial charge in [-0.05, 0) is 48.3 Å². The summed E-state index contributed by atoms with van der Waals surface area (Å²) in [6.07, 6.45) is 3.60. The topological polar surface area (TPSA) is 20.3 Å². The van der Waals surface area contributed by atoms with Crippen molar-refractivity contribution in [3.63, 3.8) is 0 Å². The van der Waals surface area contributed by atoms with Crippen molar-refractivity contribution in [2.45, 2.75) is 52.6 Å². The molecule has 0 aromatic heterocycles. The molecule has 0 saturated heterocycles. The van der Waals surface area contributed by atoms with Crippen molar-refractivity contribution in [2.24, 2.45) is 17.8 Å². The molecule has 2 nitrogen and oxygen atoms in total. The zero-order valence-corrected chi connectivity index (χ0v) is 16.3. The Hall–Kier alpha value is -2.09. The highest BCUT2D eigenvalue weighted by molar-refractivity contribution is 5.94.